The van der Waals surface area contributed by atoms with Crippen molar-refractivity contribution < 1.29 is 0 Å². The van der Waals surface area contributed by atoms with Crippen LogP contribution in [0.2, 0.25) is 0 Å². The average Bonchev–Trinajstić information content (AvgIpc) is 2.17. The summed E-state index contributed by atoms with van der Waals surface area (Å²) in [7, 11) is 0. The third-order valence-corrected chi connectivity index (χ3v) is 4.60. The van der Waals surface area contributed by atoms with E-state index in [9.17, 15) is 0 Å². The third-order valence-electron chi connectivity index (χ3n) is 4.60. The van der Waals surface area contributed by atoms with Crippen molar-refractivity contribution in [3.63, 3.8) is 0 Å². The van der Waals surface area contributed by atoms with Gasteiger partial charge in [0, 0.05) is 31.7 Å². The van der Waals surface area contributed by atoms with Gasteiger partial charge >= 0.3 is 0 Å². The molecule has 2 heteroatoms. The van der Waals surface area contributed by atoms with Gasteiger partial charge in [-0.15, -0.1) is 0 Å². The molecule has 2 unspecified atom stereocenters. The van der Waals surface area contributed by atoms with E-state index in [1.54, 1.807) is 0 Å². The summed E-state index contributed by atoms with van der Waals surface area (Å²) in [4.78, 5) is 2.71. The summed E-state index contributed by atoms with van der Waals surface area (Å²) in [6.45, 7) is 10.8. The fourth-order valence-electron chi connectivity index (χ4n) is 3.05. The SMILES string of the molecule is CCC1(CN2CC(C)NCC2C)CCC1. The maximum atomic E-state index is 3.56. The quantitative estimate of drug-likeness (QED) is 0.768. The highest BCUT2D eigenvalue weighted by atomic mass is 15.2. The molecule has 1 N–H and O–H groups in total. The first-order valence-corrected chi connectivity index (χ1v) is 6.63. The van der Waals surface area contributed by atoms with Crippen LogP contribution in [0.1, 0.15) is 46.5 Å². The van der Waals surface area contributed by atoms with Crippen molar-refractivity contribution in [1.82, 2.24) is 10.2 Å². The van der Waals surface area contributed by atoms with Crippen LogP contribution in [0, 0.1) is 5.41 Å². The van der Waals surface area contributed by atoms with E-state index >= 15 is 0 Å². The lowest BCUT2D eigenvalue weighted by molar-refractivity contribution is 0.0273. The van der Waals surface area contributed by atoms with Gasteiger partial charge in [0.15, 0.2) is 0 Å². The number of rotatable bonds is 3. The van der Waals surface area contributed by atoms with E-state index in [-0.39, 0.29) is 0 Å². The van der Waals surface area contributed by atoms with E-state index < -0.39 is 0 Å². The predicted octanol–water partition coefficient (Wildman–Crippen LogP) is 2.25. The molecule has 2 nitrogen and oxygen atoms in total. The van der Waals surface area contributed by atoms with Crippen LogP contribution in [0.5, 0.6) is 0 Å². The van der Waals surface area contributed by atoms with E-state index in [4.69, 9.17) is 0 Å². The molecule has 0 aromatic heterocycles. The summed E-state index contributed by atoms with van der Waals surface area (Å²) in [6, 6.07) is 1.40. The van der Waals surface area contributed by atoms with Crippen LogP contribution < -0.4 is 5.32 Å². The molecule has 1 aliphatic carbocycles. The Bertz CT molecular complexity index is 205. The molecule has 88 valence electrons. The van der Waals surface area contributed by atoms with Gasteiger partial charge in [0.25, 0.3) is 0 Å². The number of piperazine rings is 1. The van der Waals surface area contributed by atoms with E-state index in [0.717, 1.165) is 6.04 Å². The minimum Gasteiger partial charge on any atom is -0.311 e. The predicted molar refractivity (Wildman–Crippen MR) is 65.1 cm³/mol. The molecule has 2 atom stereocenters. The van der Waals surface area contributed by atoms with Crippen LogP contribution in [0.25, 0.3) is 0 Å². The highest BCUT2D eigenvalue weighted by molar-refractivity contribution is 4.92. The molecular formula is C13H26N2. The molecule has 2 aliphatic rings. The molecule has 0 aromatic rings. The average molecular weight is 210 g/mol. The van der Waals surface area contributed by atoms with Crippen molar-refractivity contribution in [2.45, 2.75) is 58.5 Å². The van der Waals surface area contributed by atoms with Crippen LogP contribution in [0.4, 0.5) is 0 Å². The van der Waals surface area contributed by atoms with E-state index in [2.05, 4.69) is 31.0 Å². The molecule has 1 saturated carbocycles. The molecule has 1 aliphatic heterocycles. The summed E-state index contributed by atoms with van der Waals surface area (Å²) in [6.07, 6.45) is 5.77. The topological polar surface area (TPSA) is 15.3 Å². The smallest absolute Gasteiger partial charge is 0.0193 e. The van der Waals surface area contributed by atoms with Gasteiger partial charge in [0.1, 0.15) is 0 Å². The van der Waals surface area contributed by atoms with Crippen molar-refractivity contribution in [1.29, 1.82) is 0 Å². The largest absolute Gasteiger partial charge is 0.311 e. The molecule has 1 heterocycles. The molecule has 2 rings (SSSR count). The first-order valence-electron chi connectivity index (χ1n) is 6.63. The lowest BCUT2D eigenvalue weighted by atomic mass is 9.66. The van der Waals surface area contributed by atoms with Crippen molar-refractivity contribution in [2.24, 2.45) is 5.41 Å². The molecule has 0 amide bonds. The Morgan fingerprint density at radius 1 is 1.33 bits per heavy atom. The Labute approximate surface area is 94.4 Å². The number of hydrogen-bond donors (Lipinski definition) is 1. The Morgan fingerprint density at radius 2 is 2.07 bits per heavy atom. The fourth-order valence-corrected chi connectivity index (χ4v) is 3.05. The zero-order chi connectivity index (χ0) is 10.9. The molecule has 2 fully saturated rings. The zero-order valence-electron chi connectivity index (χ0n) is 10.6. The van der Waals surface area contributed by atoms with E-state index in [1.807, 2.05) is 0 Å². The van der Waals surface area contributed by atoms with Gasteiger partial charge in [-0.2, -0.15) is 0 Å². The van der Waals surface area contributed by atoms with Crippen molar-refractivity contribution in [3.8, 4) is 0 Å². The Hall–Kier alpha value is -0.0800. The van der Waals surface area contributed by atoms with Crippen LogP contribution >= 0.6 is 0 Å². The highest BCUT2D eigenvalue weighted by Crippen LogP contribution is 2.44. The van der Waals surface area contributed by atoms with Gasteiger partial charge < -0.3 is 5.32 Å². The van der Waals surface area contributed by atoms with Crippen LogP contribution in [-0.2, 0) is 0 Å². The summed E-state index contributed by atoms with van der Waals surface area (Å²) in [5.41, 5.74) is 0.686. The number of nitrogens with one attached hydrogen (secondary N) is 1. The number of hydrogen-bond acceptors (Lipinski definition) is 2. The van der Waals surface area contributed by atoms with Crippen molar-refractivity contribution >= 4 is 0 Å². The maximum absolute atomic E-state index is 3.56. The second-order valence-corrected chi connectivity index (χ2v) is 5.79. The van der Waals surface area contributed by atoms with Gasteiger partial charge in [-0.25, -0.2) is 0 Å². The monoisotopic (exact) mass is 210 g/mol. The van der Waals surface area contributed by atoms with Crippen LogP contribution in [-0.4, -0.2) is 36.6 Å². The minimum absolute atomic E-state index is 0.676. The van der Waals surface area contributed by atoms with Gasteiger partial charge in [-0.05, 0) is 38.5 Å². The first kappa shape index (κ1) is 11.4. The molecule has 0 aromatic carbocycles. The second kappa shape index (κ2) is 4.42. The van der Waals surface area contributed by atoms with E-state index in [1.165, 1.54) is 45.3 Å². The molecule has 0 spiro atoms. The summed E-state index contributed by atoms with van der Waals surface area (Å²) in [5, 5.41) is 3.56. The summed E-state index contributed by atoms with van der Waals surface area (Å²) >= 11 is 0. The van der Waals surface area contributed by atoms with Gasteiger partial charge in [-0.3, -0.25) is 4.90 Å². The molecule has 1 saturated heterocycles. The summed E-state index contributed by atoms with van der Waals surface area (Å²) in [5.74, 6) is 0. The fraction of sp³-hybridized carbons (Fsp3) is 1.00. The van der Waals surface area contributed by atoms with Crippen LogP contribution in [0.15, 0.2) is 0 Å². The zero-order valence-corrected chi connectivity index (χ0v) is 10.6. The van der Waals surface area contributed by atoms with Gasteiger partial charge in [0.05, 0.1) is 0 Å². The lowest BCUT2D eigenvalue weighted by Gasteiger charge is -2.48. The minimum atomic E-state index is 0.676. The molecule has 15 heavy (non-hydrogen) atoms. The number of nitrogens with zero attached hydrogens (tertiary/aromatic N) is 1. The molecule has 0 bridgehead atoms. The highest BCUT2D eigenvalue weighted by Gasteiger charge is 2.38. The molecule has 0 radical (unpaired) electrons. The van der Waals surface area contributed by atoms with Crippen LogP contribution in [0.3, 0.4) is 0 Å². The standard InChI is InChI=1S/C13H26N2/c1-4-13(6-5-7-13)10-15-9-11(2)14-8-12(15)3/h11-12,14H,4-10H2,1-3H3. The summed E-state index contributed by atoms with van der Waals surface area (Å²) < 4.78 is 0. The Kier molecular flexibility index (Phi) is 3.36. The molecular weight excluding hydrogens is 184 g/mol. The van der Waals surface area contributed by atoms with E-state index in [0.29, 0.717) is 11.5 Å². The normalized spacial score (nSPS) is 36.2. The Morgan fingerprint density at radius 3 is 2.60 bits per heavy atom. The van der Waals surface area contributed by atoms with Gasteiger partial charge in [0.2, 0.25) is 0 Å². The Balaban J connectivity index is 1.91. The van der Waals surface area contributed by atoms with Crippen molar-refractivity contribution in [2.75, 3.05) is 19.6 Å². The second-order valence-electron chi connectivity index (χ2n) is 5.79. The lowest BCUT2D eigenvalue weighted by Crippen LogP contribution is -2.57. The van der Waals surface area contributed by atoms with Gasteiger partial charge in [-0.1, -0.05) is 13.3 Å². The first-order chi connectivity index (χ1) is 7.15. The van der Waals surface area contributed by atoms with Crippen molar-refractivity contribution in [3.05, 3.63) is 0 Å². The maximum Gasteiger partial charge on any atom is 0.0193 e. The third kappa shape index (κ3) is 2.36.